The Morgan fingerprint density at radius 2 is 1.96 bits per heavy atom. The number of hydrogen-bond donors (Lipinski definition) is 1. The SMILES string of the molecule is N#CCSc1ccccc1NC(=O)Cn1cc(C(F)(F)F)ccc1=O. The number of carbonyl (C=O) groups excluding carboxylic acids is 1. The summed E-state index contributed by atoms with van der Waals surface area (Å²) in [6.07, 6.45) is -4.00. The van der Waals surface area contributed by atoms with Crippen LogP contribution in [-0.2, 0) is 17.5 Å². The van der Waals surface area contributed by atoms with Crippen molar-refractivity contribution < 1.29 is 18.0 Å². The lowest BCUT2D eigenvalue weighted by Gasteiger charge is -2.12. The zero-order valence-corrected chi connectivity index (χ0v) is 13.5. The average Bonchev–Trinajstić information content (AvgIpc) is 2.55. The lowest BCUT2D eigenvalue weighted by atomic mass is 10.2. The molecular weight excluding hydrogens is 355 g/mol. The summed E-state index contributed by atoms with van der Waals surface area (Å²) >= 11 is 1.21. The van der Waals surface area contributed by atoms with Crippen LogP contribution in [0.1, 0.15) is 5.56 Å². The van der Waals surface area contributed by atoms with Crippen molar-refractivity contribution in [3.8, 4) is 6.07 Å². The number of nitriles is 1. The fourth-order valence-corrected chi connectivity index (χ4v) is 2.64. The number of carbonyl (C=O) groups is 1. The van der Waals surface area contributed by atoms with Crippen LogP contribution in [-0.4, -0.2) is 16.2 Å². The van der Waals surface area contributed by atoms with E-state index in [0.717, 1.165) is 6.07 Å². The number of nitrogens with zero attached hydrogens (tertiary/aromatic N) is 2. The zero-order chi connectivity index (χ0) is 18.4. The summed E-state index contributed by atoms with van der Waals surface area (Å²) < 4.78 is 38.8. The Labute approximate surface area is 145 Å². The van der Waals surface area contributed by atoms with Gasteiger partial charge in [0.25, 0.3) is 5.56 Å². The van der Waals surface area contributed by atoms with Crippen molar-refractivity contribution in [3.63, 3.8) is 0 Å². The summed E-state index contributed by atoms with van der Waals surface area (Å²) in [6.45, 7) is -0.556. The number of halogens is 3. The lowest BCUT2D eigenvalue weighted by Crippen LogP contribution is -2.28. The Hall–Kier alpha value is -2.73. The molecule has 0 saturated heterocycles. The van der Waals surface area contributed by atoms with Gasteiger partial charge < -0.3 is 9.88 Å². The third-order valence-corrected chi connectivity index (χ3v) is 4.02. The molecule has 0 spiro atoms. The standard InChI is InChI=1S/C16H12F3N3O2S/c17-16(18,19)11-5-6-15(24)22(9-11)10-14(23)21-12-3-1-2-4-13(12)25-8-7-20/h1-6,9H,8,10H2,(H,21,23). The number of benzene rings is 1. The summed E-state index contributed by atoms with van der Waals surface area (Å²) in [5.74, 6) is -0.466. The quantitative estimate of drug-likeness (QED) is 0.824. The molecule has 25 heavy (non-hydrogen) atoms. The van der Waals surface area contributed by atoms with Crippen LogP contribution in [0.4, 0.5) is 18.9 Å². The van der Waals surface area contributed by atoms with Crippen LogP contribution in [0.5, 0.6) is 0 Å². The molecule has 1 amide bonds. The number of amides is 1. The number of thioether (sulfide) groups is 1. The third-order valence-electron chi connectivity index (χ3n) is 3.08. The van der Waals surface area contributed by atoms with Crippen molar-refractivity contribution in [1.29, 1.82) is 5.26 Å². The van der Waals surface area contributed by atoms with Gasteiger partial charge in [-0.25, -0.2) is 0 Å². The molecule has 0 radical (unpaired) electrons. The second-order valence-corrected chi connectivity index (χ2v) is 5.89. The molecule has 1 N–H and O–H groups in total. The maximum atomic E-state index is 12.7. The van der Waals surface area contributed by atoms with Crippen molar-refractivity contribution in [2.75, 3.05) is 11.1 Å². The topological polar surface area (TPSA) is 74.9 Å². The highest BCUT2D eigenvalue weighted by Crippen LogP contribution is 2.28. The highest BCUT2D eigenvalue weighted by molar-refractivity contribution is 7.99. The van der Waals surface area contributed by atoms with Crippen LogP contribution >= 0.6 is 11.8 Å². The minimum Gasteiger partial charge on any atom is -0.324 e. The number of alkyl halides is 3. The van der Waals surface area contributed by atoms with Gasteiger partial charge in [-0.15, -0.1) is 11.8 Å². The van der Waals surface area contributed by atoms with Gasteiger partial charge in [-0.3, -0.25) is 9.59 Å². The maximum absolute atomic E-state index is 12.7. The molecule has 0 bridgehead atoms. The summed E-state index contributed by atoms with van der Waals surface area (Å²) in [5.41, 5.74) is -1.30. The monoisotopic (exact) mass is 367 g/mol. The van der Waals surface area contributed by atoms with Crippen LogP contribution < -0.4 is 10.9 Å². The van der Waals surface area contributed by atoms with Crippen LogP contribution in [0.25, 0.3) is 0 Å². The molecule has 9 heteroatoms. The minimum absolute atomic E-state index is 0.181. The van der Waals surface area contributed by atoms with Crippen LogP contribution in [0, 0.1) is 11.3 Å². The van der Waals surface area contributed by atoms with E-state index >= 15 is 0 Å². The summed E-state index contributed by atoms with van der Waals surface area (Å²) in [5, 5.41) is 11.2. The molecule has 0 unspecified atom stereocenters. The molecule has 0 fully saturated rings. The second kappa shape index (κ2) is 7.90. The smallest absolute Gasteiger partial charge is 0.324 e. The first-order chi connectivity index (χ1) is 11.8. The largest absolute Gasteiger partial charge is 0.417 e. The molecule has 5 nitrogen and oxygen atoms in total. The fourth-order valence-electron chi connectivity index (χ4n) is 1.97. The molecule has 1 aromatic heterocycles. The zero-order valence-electron chi connectivity index (χ0n) is 12.7. The highest BCUT2D eigenvalue weighted by atomic mass is 32.2. The third kappa shape index (κ3) is 5.12. The van der Waals surface area contributed by atoms with Crippen molar-refractivity contribution in [1.82, 2.24) is 4.57 Å². The summed E-state index contributed by atoms with van der Waals surface area (Å²) in [6, 6.07) is 10.1. The molecule has 1 aromatic carbocycles. The van der Waals surface area contributed by atoms with Gasteiger partial charge in [0.1, 0.15) is 6.54 Å². The van der Waals surface area contributed by atoms with E-state index in [1.807, 2.05) is 6.07 Å². The van der Waals surface area contributed by atoms with Gasteiger partial charge in [0.2, 0.25) is 5.91 Å². The van der Waals surface area contributed by atoms with E-state index in [1.165, 1.54) is 11.8 Å². The molecule has 2 aromatic rings. The van der Waals surface area contributed by atoms with Crippen molar-refractivity contribution in [3.05, 3.63) is 58.5 Å². The van der Waals surface area contributed by atoms with Gasteiger partial charge in [0.05, 0.1) is 23.1 Å². The van der Waals surface area contributed by atoms with E-state index in [0.29, 0.717) is 27.4 Å². The molecular formula is C16H12F3N3O2S. The minimum atomic E-state index is -4.60. The number of pyridine rings is 1. The number of rotatable bonds is 5. The summed E-state index contributed by atoms with van der Waals surface area (Å²) in [7, 11) is 0. The van der Waals surface area contributed by atoms with Crippen molar-refractivity contribution in [2.45, 2.75) is 17.6 Å². The predicted molar refractivity (Wildman–Crippen MR) is 87.1 cm³/mol. The molecule has 0 saturated carbocycles. The molecule has 2 rings (SSSR count). The normalized spacial score (nSPS) is 11.0. The number of anilines is 1. The Kier molecular flexibility index (Phi) is 5.88. The number of hydrogen-bond acceptors (Lipinski definition) is 4. The first kappa shape index (κ1) is 18.6. The van der Waals surface area contributed by atoms with Gasteiger partial charge in [0, 0.05) is 17.2 Å². The van der Waals surface area contributed by atoms with Gasteiger partial charge in [0.15, 0.2) is 0 Å². The first-order valence-electron chi connectivity index (χ1n) is 6.97. The lowest BCUT2D eigenvalue weighted by molar-refractivity contribution is -0.138. The number of aromatic nitrogens is 1. The van der Waals surface area contributed by atoms with Crippen molar-refractivity contribution in [2.24, 2.45) is 0 Å². The number of para-hydroxylation sites is 1. The number of nitrogens with one attached hydrogen (secondary N) is 1. The van der Waals surface area contributed by atoms with Crippen LogP contribution in [0.15, 0.2) is 52.3 Å². The Bertz CT molecular complexity index is 872. The first-order valence-corrected chi connectivity index (χ1v) is 7.96. The van der Waals surface area contributed by atoms with Crippen LogP contribution in [0.2, 0.25) is 0 Å². The molecule has 130 valence electrons. The Morgan fingerprint density at radius 1 is 1.24 bits per heavy atom. The second-order valence-electron chi connectivity index (χ2n) is 4.87. The van der Waals surface area contributed by atoms with E-state index in [2.05, 4.69) is 5.32 Å². The van der Waals surface area contributed by atoms with Gasteiger partial charge in [-0.2, -0.15) is 18.4 Å². The van der Waals surface area contributed by atoms with Gasteiger partial charge >= 0.3 is 6.18 Å². The Morgan fingerprint density at radius 3 is 2.64 bits per heavy atom. The predicted octanol–water partition coefficient (Wildman–Crippen LogP) is 3.12. The van der Waals surface area contributed by atoms with Crippen molar-refractivity contribution >= 4 is 23.4 Å². The van der Waals surface area contributed by atoms with Crippen LogP contribution in [0.3, 0.4) is 0 Å². The van der Waals surface area contributed by atoms with E-state index < -0.39 is 29.8 Å². The molecule has 0 aliphatic carbocycles. The van der Waals surface area contributed by atoms with E-state index in [4.69, 9.17) is 5.26 Å². The van der Waals surface area contributed by atoms with E-state index in [-0.39, 0.29) is 5.75 Å². The summed E-state index contributed by atoms with van der Waals surface area (Å²) in [4.78, 5) is 24.4. The van der Waals surface area contributed by atoms with Gasteiger partial charge in [-0.05, 0) is 18.2 Å². The van der Waals surface area contributed by atoms with E-state index in [9.17, 15) is 22.8 Å². The average molecular weight is 367 g/mol. The molecule has 1 heterocycles. The molecule has 0 aliphatic rings. The molecule has 0 aliphatic heterocycles. The molecule has 0 atom stereocenters. The Balaban J connectivity index is 2.17. The van der Waals surface area contributed by atoms with Gasteiger partial charge in [-0.1, -0.05) is 12.1 Å². The fraction of sp³-hybridized carbons (Fsp3) is 0.188. The van der Waals surface area contributed by atoms with E-state index in [1.54, 1.807) is 24.3 Å². The highest BCUT2D eigenvalue weighted by Gasteiger charge is 2.31. The maximum Gasteiger partial charge on any atom is 0.417 e.